The summed E-state index contributed by atoms with van der Waals surface area (Å²) in [6.45, 7) is 6.79. The first-order valence-electron chi connectivity index (χ1n) is 4.97. The van der Waals surface area contributed by atoms with Gasteiger partial charge in [0.25, 0.3) is 0 Å². The molecule has 0 aliphatic carbocycles. The fourth-order valence-corrected chi connectivity index (χ4v) is 1.81. The lowest BCUT2D eigenvalue weighted by Crippen LogP contribution is -2.19. The Kier molecular flexibility index (Phi) is 4.01. The number of nitrogens with zero attached hydrogens (tertiary/aromatic N) is 2. The van der Waals surface area contributed by atoms with Crippen LogP contribution in [0.4, 0.5) is 0 Å². The van der Waals surface area contributed by atoms with Crippen LogP contribution >= 0.6 is 11.7 Å². The van der Waals surface area contributed by atoms with E-state index < -0.39 is 0 Å². The molecule has 0 aliphatic rings. The summed E-state index contributed by atoms with van der Waals surface area (Å²) in [5.41, 5.74) is 1.46. The van der Waals surface area contributed by atoms with Crippen LogP contribution in [0, 0.1) is 5.41 Å². The summed E-state index contributed by atoms with van der Waals surface area (Å²) >= 11 is 1.28. The minimum absolute atomic E-state index is 0.355. The van der Waals surface area contributed by atoms with Crippen molar-refractivity contribution in [1.29, 1.82) is 0 Å². The Morgan fingerprint density at radius 2 is 2.21 bits per heavy atom. The highest BCUT2D eigenvalue weighted by Crippen LogP contribution is 2.26. The molecule has 0 saturated heterocycles. The summed E-state index contributed by atoms with van der Waals surface area (Å²) in [7, 11) is 1.98. The molecule has 1 rings (SSSR count). The van der Waals surface area contributed by atoms with Crippen LogP contribution in [0.3, 0.4) is 0 Å². The van der Waals surface area contributed by atoms with E-state index in [0.717, 1.165) is 12.1 Å². The summed E-state index contributed by atoms with van der Waals surface area (Å²) in [5.74, 6) is 0. The monoisotopic (exact) mass is 213 g/mol. The average Bonchev–Trinajstić information content (AvgIpc) is 2.56. The molecule has 0 saturated carbocycles. The summed E-state index contributed by atoms with van der Waals surface area (Å²) in [6.07, 6.45) is 4.16. The molecule has 0 radical (unpaired) electrons. The Morgan fingerprint density at radius 3 is 2.64 bits per heavy atom. The summed E-state index contributed by atoms with van der Waals surface area (Å²) < 4.78 is 8.28. The van der Waals surface area contributed by atoms with Crippen LogP contribution in [0.1, 0.15) is 45.3 Å². The van der Waals surface area contributed by atoms with Gasteiger partial charge in [-0.1, -0.05) is 20.8 Å². The molecule has 0 amide bonds. The number of rotatable bonds is 4. The maximum absolute atomic E-state index is 4.26. The normalized spacial score (nSPS) is 14.3. The molecule has 3 nitrogen and oxygen atoms in total. The molecular weight excluding hydrogens is 194 g/mol. The second kappa shape index (κ2) is 4.84. The van der Waals surface area contributed by atoms with Gasteiger partial charge in [-0.15, -0.1) is 0 Å². The molecule has 4 heteroatoms. The van der Waals surface area contributed by atoms with Crippen LogP contribution in [0.25, 0.3) is 0 Å². The highest BCUT2D eigenvalue weighted by atomic mass is 32.1. The first kappa shape index (κ1) is 11.6. The van der Waals surface area contributed by atoms with Crippen molar-refractivity contribution in [2.75, 3.05) is 7.05 Å². The van der Waals surface area contributed by atoms with Crippen LogP contribution in [0.5, 0.6) is 0 Å². The van der Waals surface area contributed by atoms with E-state index in [4.69, 9.17) is 0 Å². The van der Waals surface area contributed by atoms with Gasteiger partial charge in [-0.3, -0.25) is 0 Å². The molecule has 1 atom stereocenters. The summed E-state index contributed by atoms with van der Waals surface area (Å²) in [5, 5.41) is 3.28. The predicted molar refractivity (Wildman–Crippen MR) is 60.4 cm³/mol. The van der Waals surface area contributed by atoms with Gasteiger partial charge in [0.15, 0.2) is 0 Å². The van der Waals surface area contributed by atoms with Crippen molar-refractivity contribution in [1.82, 2.24) is 14.1 Å². The van der Waals surface area contributed by atoms with Crippen molar-refractivity contribution in [3.8, 4) is 0 Å². The van der Waals surface area contributed by atoms with E-state index in [1.807, 2.05) is 13.2 Å². The van der Waals surface area contributed by atoms with Crippen LogP contribution in [-0.2, 0) is 0 Å². The first-order valence-corrected chi connectivity index (χ1v) is 5.71. The van der Waals surface area contributed by atoms with E-state index in [2.05, 4.69) is 34.8 Å². The van der Waals surface area contributed by atoms with Crippen LogP contribution in [0.15, 0.2) is 6.20 Å². The van der Waals surface area contributed by atoms with Gasteiger partial charge in [-0.05, 0) is 25.3 Å². The molecule has 1 N–H and O–H groups in total. The molecule has 14 heavy (non-hydrogen) atoms. The van der Waals surface area contributed by atoms with Crippen molar-refractivity contribution in [2.24, 2.45) is 5.41 Å². The largest absolute Gasteiger partial charge is 0.312 e. The second-order valence-corrected chi connectivity index (χ2v) is 5.33. The zero-order chi connectivity index (χ0) is 10.6. The highest BCUT2D eigenvalue weighted by molar-refractivity contribution is 6.99. The van der Waals surface area contributed by atoms with E-state index in [9.17, 15) is 0 Å². The van der Waals surface area contributed by atoms with Gasteiger partial charge in [0.2, 0.25) is 0 Å². The fourth-order valence-electron chi connectivity index (χ4n) is 1.34. The first-order chi connectivity index (χ1) is 6.53. The summed E-state index contributed by atoms with van der Waals surface area (Å²) in [4.78, 5) is 0. The molecule has 0 bridgehead atoms. The Bertz CT molecular complexity index is 251. The molecular formula is C10H19N3S. The molecule has 1 heterocycles. The van der Waals surface area contributed by atoms with E-state index in [0.29, 0.717) is 11.5 Å². The second-order valence-electron chi connectivity index (χ2n) is 4.77. The lowest BCUT2D eigenvalue weighted by molar-refractivity contribution is 0.336. The van der Waals surface area contributed by atoms with Gasteiger partial charge in [0.05, 0.1) is 29.7 Å². The topological polar surface area (TPSA) is 37.8 Å². The third kappa shape index (κ3) is 3.72. The molecule has 0 spiro atoms. The Labute approximate surface area is 90.3 Å². The smallest absolute Gasteiger partial charge is 0.0912 e. The van der Waals surface area contributed by atoms with Crippen LogP contribution in [0.2, 0.25) is 0 Å². The lowest BCUT2D eigenvalue weighted by Gasteiger charge is -2.21. The van der Waals surface area contributed by atoms with Gasteiger partial charge in [-0.2, -0.15) is 8.75 Å². The standard InChI is InChI=1S/C10H19N3S/c1-10(2,3)6-5-8(11-4)9-7-12-14-13-9/h7-8,11H,5-6H2,1-4H3. The number of nitrogens with one attached hydrogen (secondary N) is 1. The maximum atomic E-state index is 4.26. The van der Waals surface area contributed by atoms with Crippen molar-refractivity contribution >= 4 is 11.7 Å². The Balaban J connectivity index is 2.49. The lowest BCUT2D eigenvalue weighted by atomic mass is 9.88. The zero-order valence-electron chi connectivity index (χ0n) is 9.37. The maximum Gasteiger partial charge on any atom is 0.0912 e. The molecule has 1 unspecified atom stereocenters. The Hall–Kier alpha value is -0.480. The van der Waals surface area contributed by atoms with Gasteiger partial charge >= 0.3 is 0 Å². The van der Waals surface area contributed by atoms with Crippen molar-refractivity contribution in [3.63, 3.8) is 0 Å². The zero-order valence-corrected chi connectivity index (χ0v) is 10.2. The highest BCUT2D eigenvalue weighted by Gasteiger charge is 2.16. The van der Waals surface area contributed by atoms with Crippen molar-refractivity contribution < 1.29 is 0 Å². The number of aromatic nitrogens is 2. The molecule has 0 aromatic carbocycles. The Morgan fingerprint density at radius 1 is 1.50 bits per heavy atom. The minimum Gasteiger partial charge on any atom is -0.312 e. The van der Waals surface area contributed by atoms with Crippen LogP contribution in [-0.4, -0.2) is 15.8 Å². The van der Waals surface area contributed by atoms with E-state index in [-0.39, 0.29) is 0 Å². The quantitative estimate of drug-likeness (QED) is 0.835. The molecule has 1 aromatic heterocycles. The van der Waals surface area contributed by atoms with Gasteiger partial charge in [0, 0.05) is 0 Å². The van der Waals surface area contributed by atoms with E-state index in [1.54, 1.807) is 0 Å². The van der Waals surface area contributed by atoms with Crippen molar-refractivity contribution in [3.05, 3.63) is 11.9 Å². The van der Waals surface area contributed by atoms with Crippen LogP contribution < -0.4 is 5.32 Å². The summed E-state index contributed by atoms with van der Waals surface area (Å²) in [6, 6.07) is 0.355. The average molecular weight is 213 g/mol. The molecule has 80 valence electrons. The molecule has 0 aliphatic heterocycles. The van der Waals surface area contributed by atoms with Crippen molar-refractivity contribution in [2.45, 2.75) is 39.7 Å². The number of hydrogen-bond donors (Lipinski definition) is 1. The number of hydrogen-bond acceptors (Lipinski definition) is 4. The predicted octanol–water partition coefficient (Wildman–Crippen LogP) is 2.62. The van der Waals surface area contributed by atoms with Gasteiger partial charge < -0.3 is 5.32 Å². The van der Waals surface area contributed by atoms with E-state index in [1.165, 1.54) is 18.1 Å². The fraction of sp³-hybridized carbons (Fsp3) is 0.800. The third-order valence-corrected chi connectivity index (χ3v) is 2.76. The van der Waals surface area contributed by atoms with Gasteiger partial charge in [-0.25, -0.2) is 0 Å². The molecule has 1 aromatic rings. The SMILES string of the molecule is CNC(CCC(C)(C)C)c1cnsn1. The minimum atomic E-state index is 0.355. The molecule has 0 fully saturated rings. The third-order valence-electron chi connectivity index (χ3n) is 2.27. The van der Waals surface area contributed by atoms with Gasteiger partial charge in [0.1, 0.15) is 0 Å². The van der Waals surface area contributed by atoms with E-state index >= 15 is 0 Å².